The minimum Gasteiger partial charge on any atom is -0.204 e. The average Bonchev–Trinajstić information content (AvgIpc) is 2.22. The molecule has 0 radical (unpaired) electrons. The van der Waals surface area contributed by atoms with Gasteiger partial charge in [0, 0.05) is 11.9 Å². The van der Waals surface area contributed by atoms with Crippen LogP contribution in [0.4, 0.5) is 0 Å². The Bertz CT molecular complexity index is 514. The zero-order chi connectivity index (χ0) is 13.8. The number of hydrogen-bond donors (Lipinski definition) is 0. The second kappa shape index (κ2) is 6.34. The van der Waals surface area contributed by atoms with Crippen LogP contribution in [-0.2, 0) is 10.0 Å². The molecule has 0 aromatic heterocycles. The molecule has 18 heavy (non-hydrogen) atoms. The second-order valence-corrected chi connectivity index (χ2v) is 9.30. The first-order valence-corrected chi connectivity index (χ1v) is 8.29. The summed E-state index contributed by atoms with van der Waals surface area (Å²) >= 11 is 17.1. The van der Waals surface area contributed by atoms with E-state index in [9.17, 15) is 8.42 Å². The standard InChI is InChI=1S/C9H9Cl3N2O2S2/c1-18(15,16)14(17-9(10,11)12)13-7-8-5-3-2-4-6-8/h2-7H,1H3. The monoisotopic (exact) mass is 346 g/mol. The number of sulfonamides is 1. The van der Waals surface area contributed by atoms with Gasteiger partial charge in [0.15, 0.2) is 0 Å². The van der Waals surface area contributed by atoms with Gasteiger partial charge < -0.3 is 0 Å². The van der Waals surface area contributed by atoms with Crippen molar-refractivity contribution in [1.82, 2.24) is 3.82 Å². The Hall–Kier alpha value is -0.140. The molecule has 4 nitrogen and oxygen atoms in total. The van der Waals surface area contributed by atoms with E-state index in [-0.39, 0.29) is 0 Å². The summed E-state index contributed by atoms with van der Waals surface area (Å²) in [6.07, 6.45) is 2.34. The predicted molar refractivity (Wildman–Crippen MR) is 78.6 cm³/mol. The molecule has 0 atom stereocenters. The molecule has 0 bridgehead atoms. The number of hydrazone groups is 1. The van der Waals surface area contributed by atoms with Gasteiger partial charge in [0.05, 0.1) is 12.5 Å². The van der Waals surface area contributed by atoms with Gasteiger partial charge in [-0.05, 0) is 5.56 Å². The summed E-state index contributed by atoms with van der Waals surface area (Å²) < 4.78 is 21.7. The van der Waals surface area contributed by atoms with Gasteiger partial charge in [-0.15, -0.1) is 3.82 Å². The van der Waals surface area contributed by atoms with E-state index in [0.29, 0.717) is 15.8 Å². The van der Waals surface area contributed by atoms with E-state index in [1.54, 1.807) is 24.3 Å². The lowest BCUT2D eigenvalue weighted by Crippen LogP contribution is -2.21. The smallest absolute Gasteiger partial charge is 0.204 e. The molecule has 0 saturated carbocycles. The van der Waals surface area contributed by atoms with Crippen LogP contribution in [0, 0.1) is 0 Å². The van der Waals surface area contributed by atoms with Gasteiger partial charge in [-0.2, -0.15) is 5.10 Å². The molecule has 100 valence electrons. The molecule has 0 aliphatic carbocycles. The van der Waals surface area contributed by atoms with Gasteiger partial charge in [0.25, 0.3) is 13.1 Å². The van der Waals surface area contributed by atoms with Crippen LogP contribution in [0.5, 0.6) is 0 Å². The minimum atomic E-state index is -3.62. The first kappa shape index (κ1) is 15.9. The number of halogens is 3. The van der Waals surface area contributed by atoms with Crippen molar-refractivity contribution in [2.24, 2.45) is 5.10 Å². The minimum absolute atomic E-state index is 0.472. The Kier molecular flexibility index (Phi) is 5.61. The van der Waals surface area contributed by atoms with E-state index in [0.717, 1.165) is 11.8 Å². The number of benzene rings is 1. The summed E-state index contributed by atoms with van der Waals surface area (Å²) in [5.74, 6) is 0. The highest BCUT2D eigenvalue weighted by Gasteiger charge is 2.29. The topological polar surface area (TPSA) is 49.7 Å². The van der Waals surface area contributed by atoms with Crippen LogP contribution >= 0.6 is 46.8 Å². The van der Waals surface area contributed by atoms with E-state index in [1.165, 1.54) is 6.21 Å². The highest BCUT2D eigenvalue weighted by molar-refractivity contribution is 8.11. The summed E-state index contributed by atoms with van der Waals surface area (Å²) in [7, 11) is -3.62. The SMILES string of the molecule is CS(=O)(=O)N(N=Cc1ccccc1)SC(Cl)(Cl)Cl. The first-order chi connectivity index (χ1) is 8.18. The predicted octanol–water partition coefficient (Wildman–Crippen LogP) is 3.26. The fourth-order valence-electron chi connectivity index (χ4n) is 0.918. The third-order valence-corrected chi connectivity index (χ3v) is 4.34. The summed E-state index contributed by atoms with van der Waals surface area (Å²) in [6.45, 7) is 0. The third kappa shape index (κ3) is 6.15. The van der Waals surface area contributed by atoms with Crippen molar-refractivity contribution in [3.8, 4) is 0 Å². The van der Waals surface area contributed by atoms with Gasteiger partial charge in [0.2, 0.25) is 0 Å². The summed E-state index contributed by atoms with van der Waals surface area (Å²) in [6, 6.07) is 8.97. The zero-order valence-corrected chi connectivity index (χ0v) is 13.0. The van der Waals surface area contributed by atoms with Crippen LogP contribution in [-0.4, -0.2) is 27.8 Å². The van der Waals surface area contributed by atoms with Crippen LogP contribution in [0.1, 0.15) is 5.56 Å². The average molecular weight is 348 g/mol. The molecule has 0 spiro atoms. The molecule has 1 aromatic rings. The molecule has 0 heterocycles. The fourth-order valence-corrected chi connectivity index (χ4v) is 3.24. The van der Waals surface area contributed by atoms with Gasteiger partial charge >= 0.3 is 0 Å². The lowest BCUT2D eigenvalue weighted by atomic mass is 10.2. The molecule has 1 rings (SSSR count). The van der Waals surface area contributed by atoms with E-state index >= 15 is 0 Å². The van der Waals surface area contributed by atoms with Crippen molar-refractivity contribution in [3.05, 3.63) is 35.9 Å². The zero-order valence-electron chi connectivity index (χ0n) is 9.13. The summed E-state index contributed by atoms with van der Waals surface area (Å²) in [5.41, 5.74) is 0.732. The van der Waals surface area contributed by atoms with Gasteiger partial charge in [-0.3, -0.25) is 0 Å². The number of nitrogens with zero attached hydrogens (tertiary/aromatic N) is 2. The van der Waals surface area contributed by atoms with Crippen molar-refractivity contribution >= 4 is 63.0 Å². The highest BCUT2D eigenvalue weighted by atomic mass is 35.6. The Labute approximate surface area is 125 Å². The molecular formula is C9H9Cl3N2O2S2. The fraction of sp³-hybridized carbons (Fsp3) is 0.222. The van der Waals surface area contributed by atoms with Gasteiger partial charge in [-0.1, -0.05) is 65.1 Å². The maximum Gasteiger partial charge on any atom is 0.258 e. The van der Waals surface area contributed by atoms with E-state index in [1.807, 2.05) is 6.07 Å². The number of hydrogen-bond acceptors (Lipinski definition) is 4. The molecule has 0 fully saturated rings. The van der Waals surface area contributed by atoms with E-state index < -0.39 is 13.1 Å². The Morgan fingerprint density at radius 1 is 1.28 bits per heavy atom. The molecule has 0 unspecified atom stereocenters. The molecule has 0 N–H and O–H groups in total. The number of alkyl halides is 3. The van der Waals surface area contributed by atoms with E-state index in [2.05, 4.69) is 5.10 Å². The lowest BCUT2D eigenvalue weighted by Gasteiger charge is -2.18. The maximum absolute atomic E-state index is 11.4. The summed E-state index contributed by atoms with van der Waals surface area (Å²) in [5, 5.41) is 3.78. The first-order valence-electron chi connectivity index (χ1n) is 4.54. The molecule has 0 aliphatic heterocycles. The van der Waals surface area contributed by atoms with Crippen molar-refractivity contribution < 1.29 is 8.42 Å². The van der Waals surface area contributed by atoms with Gasteiger partial charge in [-0.25, -0.2) is 8.42 Å². The third-order valence-electron chi connectivity index (χ3n) is 1.57. The lowest BCUT2D eigenvalue weighted by molar-refractivity contribution is 0.559. The summed E-state index contributed by atoms with van der Waals surface area (Å²) in [4.78, 5) is 0. The molecule has 1 aromatic carbocycles. The molecular weight excluding hydrogens is 339 g/mol. The largest absolute Gasteiger partial charge is 0.258 e. The van der Waals surface area contributed by atoms with Crippen LogP contribution in [0.15, 0.2) is 35.4 Å². The maximum atomic E-state index is 11.4. The second-order valence-electron chi connectivity index (χ2n) is 3.16. The van der Waals surface area contributed by atoms with E-state index in [4.69, 9.17) is 34.8 Å². The van der Waals surface area contributed by atoms with Crippen molar-refractivity contribution in [1.29, 1.82) is 0 Å². The molecule has 9 heteroatoms. The molecule has 0 amide bonds. The van der Waals surface area contributed by atoms with Crippen LogP contribution in [0.25, 0.3) is 0 Å². The van der Waals surface area contributed by atoms with Crippen LogP contribution < -0.4 is 0 Å². The van der Waals surface area contributed by atoms with Crippen molar-refractivity contribution in [2.75, 3.05) is 6.26 Å². The molecule has 0 aliphatic rings. The van der Waals surface area contributed by atoms with Crippen LogP contribution in [0.3, 0.4) is 0 Å². The van der Waals surface area contributed by atoms with Crippen molar-refractivity contribution in [2.45, 2.75) is 3.12 Å². The Morgan fingerprint density at radius 3 is 2.28 bits per heavy atom. The number of rotatable bonds is 4. The Morgan fingerprint density at radius 2 is 1.83 bits per heavy atom. The normalized spacial score (nSPS) is 12.9. The Balaban J connectivity index is 2.90. The molecule has 0 saturated heterocycles. The van der Waals surface area contributed by atoms with Crippen LogP contribution in [0.2, 0.25) is 0 Å². The quantitative estimate of drug-likeness (QED) is 0.363. The highest BCUT2D eigenvalue weighted by Crippen LogP contribution is 2.42. The van der Waals surface area contributed by atoms with Crippen molar-refractivity contribution in [3.63, 3.8) is 0 Å². The van der Waals surface area contributed by atoms with Gasteiger partial charge in [0.1, 0.15) is 0 Å².